The molecule has 0 aliphatic carbocycles. The number of thioether (sulfide) groups is 1. The van der Waals surface area contributed by atoms with Crippen LogP contribution in [0.15, 0.2) is 28.1 Å². The standard InChI is InChI=1S/C19H34N4OS.HI/c1-7-24-17(10-11-23(4)5)14-22-19(20-3)21-13-16-9-8-15(2)12-18(16)25-6;/h8-9,12,17H,7,10-11,13-14H2,1-6H3,(H2,20,21,22);1H. The van der Waals surface area contributed by atoms with Gasteiger partial charge in [0.05, 0.1) is 6.10 Å². The minimum absolute atomic E-state index is 0. The molecule has 0 saturated heterocycles. The van der Waals surface area contributed by atoms with Gasteiger partial charge in [0.2, 0.25) is 0 Å². The molecule has 0 aliphatic rings. The van der Waals surface area contributed by atoms with Gasteiger partial charge in [-0.15, -0.1) is 35.7 Å². The lowest BCUT2D eigenvalue weighted by Gasteiger charge is -2.21. The molecule has 0 radical (unpaired) electrons. The maximum absolute atomic E-state index is 5.82. The molecule has 0 heterocycles. The first kappa shape index (κ1) is 25.5. The summed E-state index contributed by atoms with van der Waals surface area (Å²) in [6.07, 6.45) is 3.30. The normalized spacial score (nSPS) is 12.7. The second kappa shape index (κ2) is 14.5. The molecule has 1 aromatic rings. The third-order valence-electron chi connectivity index (χ3n) is 3.91. The number of halogens is 1. The van der Waals surface area contributed by atoms with Crippen LogP contribution in [0.5, 0.6) is 0 Å². The zero-order valence-corrected chi connectivity index (χ0v) is 20.1. The number of rotatable bonds is 10. The summed E-state index contributed by atoms with van der Waals surface area (Å²) in [7, 11) is 5.97. The van der Waals surface area contributed by atoms with Crippen LogP contribution in [0.25, 0.3) is 0 Å². The molecule has 150 valence electrons. The second-order valence-corrected chi connectivity index (χ2v) is 7.14. The molecular weight excluding hydrogens is 459 g/mol. The Morgan fingerprint density at radius 2 is 2.04 bits per heavy atom. The predicted octanol–water partition coefficient (Wildman–Crippen LogP) is 3.36. The number of guanidine groups is 1. The topological polar surface area (TPSA) is 48.9 Å². The van der Waals surface area contributed by atoms with E-state index in [9.17, 15) is 0 Å². The monoisotopic (exact) mass is 494 g/mol. The molecule has 0 fully saturated rings. The Morgan fingerprint density at radius 3 is 2.62 bits per heavy atom. The molecule has 0 aliphatic heterocycles. The van der Waals surface area contributed by atoms with Crippen LogP contribution in [0.1, 0.15) is 24.5 Å². The second-order valence-electron chi connectivity index (χ2n) is 6.29. The lowest BCUT2D eigenvalue weighted by atomic mass is 10.1. The van der Waals surface area contributed by atoms with Gasteiger partial charge >= 0.3 is 0 Å². The molecule has 2 N–H and O–H groups in total. The summed E-state index contributed by atoms with van der Waals surface area (Å²) in [5.41, 5.74) is 2.58. The molecule has 1 atom stereocenters. The zero-order chi connectivity index (χ0) is 18.7. The Bertz CT molecular complexity index is 540. The number of aryl methyl sites for hydroxylation is 1. The minimum Gasteiger partial charge on any atom is -0.377 e. The highest BCUT2D eigenvalue weighted by atomic mass is 127. The summed E-state index contributed by atoms with van der Waals surface area (Å²) in [6, 6.07) is 6.56. The average molecular weight is 494 g/mol. The quantitative estimate of drug-likeness (QED) is 0.226. The molecule has 26 heavy (non-hydrogen) atoms. The molecule has 0 amide bonds. The molecule has 1 aromatic carbocycles. The molecule has 0 aromatic heterocycles. The van der Waals surface area contributed by atoms with Crippen LogP contribution >= 0.6 is 35.7 Å². The highest BCUT2D eigenvalue weighted by Gasteiger charge is 2.10. The Kier molecular flexibility index (Phi) is 14.3. The van der Waals surface area contributed by atoms with Crippen molar-refractivity contribution < 1.29 is 4.74 Å². The third-order valence-corrected chi connectivity index (χ3v) is 4.73. The summed E-state index contributed by atoms with van der Waals surface area (Å²) in [5, 5.41) is 6.79. The molecule has 7 heteroatoms. The Balaban J connectivity index is 0.00000625. The van der Waals surface area contributed by atoms with Gasteiger partial charge in [-0.05, 0) is 57.8 Å². The van der Waals surface area contributed by atoms with E-state index in [-0.39, 0.29) is 30.1 Å². The minimum atomic E-state index is 0. The van der Waals surface area contributed by atoms with E-state index in [1.165, 1.54) is 16.0 Å². The lowest BCUT2D eigenvalue weighted by molar-refractivity contribution is 0.0548. The molecule has 1 unspecified atom stereocenters. The van der Waals surface area contributed by atoms with E-state index < -0.39 is 0 Å². The third kappa shape index (κ3) is 9.99. The van der Waals surface area contributed by atoms with Crippen molar-refractivity contribution in [1.29, 1.82) is 0 Å². The lowest BCUT2D eigenvalue weighted by Crippen LogP contribution is -2.42. The summed E-state index contributed by atoms with van der Waals surface area (Å²) >= 11 is 1.78. The maximum Gasteiger partial charge on any atom is 0.191 e. The van der Waals surface area contributed by atoms with Gasteiger partial charge in [0, 0.05) is 38.2 Å². The van der Waals surface area contributed by atoms with Crippen molar-refractivity contribution in [2.45, 2.75) is 37.8 Å². The van der Waals surface area contributed by atoms with Crippen molar-refractivity contribution in [1.82, 2.24) is 15.5 Å². The van der Waals surface area contributed by atoms with Crippen molar-refractivity contribution >= 4 is 41.7 Å². The average Bonchev–Trinajstić information content (AvgIpc) is 2.60. The number of nitrogens with zero attached hydrogens (tertiary/aromatic N) is 2. The van der Waals surface area contributed by atoms with Crippen LogP contribution in [0.4, 0.5) is 0 Å². The molecule has 0 saturated carbocycles. The molecule has 0 bridgehead atoms. The van der Waals surface area contributed by atoms with E-state index in [2.05, 4.69) is 66.0 Å². The first-order chi connectivity index (χ1) is 12.0. The number of hydrogen-bond acceptors (Lipinski definition) is 4. The number of ether oxygens (including phenoxy) is 1. The summed E-state index contributed by atoms with van der Waals surface area (Å²) in [6.45, 7) is 7.42. The van der Waals surface area contributed by atoms with Crippen molar-refractivity contribution in [2.24, 2.45) is 4.99 Å². The van der Waals surface area contributed by atoms with Crippen LogP contribution < -0.4 is 10.6 Å². The Labute approximate surface area is 180 Å². The maximum atomic E-state index is 5.82. The molecule has 1 rings (SSSR count). The number of nitrogens with one attached hydrogen (secondary N) is 2. The van der Waals surface area contributed by atoms with E-state index in [4.69, 9.17) is 4.74 Å². The smallest absolute Gasteiger partial charge is 0.191 e. The van der Waals surface area contributed by atoms with E-state index in [0.717, 1.165) is 38.6 Å². The fourth-order valence-corrected chi connectivity index (χ4v) is 3.20. The van der Waals surface area contributed by atoms with Gasteiger partial charge in [-0.3, -0.25) is 4.99 Å². The van der Waals surface area contributed by atoms with Crippen LogP contribution in [0, 0.1) is 6.92 Å². The van der Waals surface area contributed by atoms with E-state index >= 15 is 0 Å². The number of benzene rings is 1. The van der Waals surface area contributed by atoms with Crippen LogP contribution in [0.2, 0.25) is 0 Å². The Morgan fingerprint density at radius 1 is 1.31 bits per heavy atom. The predicted molar refractivity (Wildman–Crippen MR) is 125 cm³/mol. The number of aliphatic imine (C=N–C) groups is 1. The fraction of sp³-hybridized carbons (Fsp3) is 0.632. The van der Waals surface area contributed by atoms with Gasteiger partial charge in [0.1, 0.15) is 0 Å². The van der Waals surface area contributed by atoms with Gasteiger partial charge < -0.3 is 20.3 Å². The van der Waals surface area contributed by atoms with Gasteiger partial charge in [0.15, 0.2) is 5.96 Å². The van der Waals surface area contributed by atoms with Crippen LogP contribution in [-0.4, -0.2) is 64.1 Å². The van der Waals surface area contributed by atoms with Crippen LogP contribution in [0.3, 0.4) is 0 Å². The van der Waals surface area contributed by atoms with Crippen molar-refractivity contribution in [3.8, 4) is 0 Å². The van der Waals surface area contributed by atoms with Gasteiger partial charge in [-0.2, -0.15) is 0 Å². The highest BCUT2D eigenvalue weighted by Crippen LogP contribution is 2.21. The first-order valence-corrected chi connectivity index (χ1v) is 10.1. The fourth-order valence-electron chi connectivity index (χ4n) is 2.49. The summed E-state index contributed by atoms with van der Waals surface area (Å²) in [4.78, 5) is 7.81. The Hall–Kier alpha value is -0.510. The largest absolute Gasteiger partial charge is 0.377 e. The van der Waals surface area contributed by atoms with Gasteiger partial charge in [-0.1, -0.05) is 12.1 Å². The van der Waals surface area contributed by atoms with Gasteiger partial charge in [-0.25, -0.2) is 0 Å². The summed E-state index contributed by atoms with van der Waals surface area (Å²) < 4.78 is 5.82. The van der Waals surface area contributed by atoms with Crippen molar-refractivity contribution in [2.75, 3.05) is 47.1 Å². The van der Waals surface area contributed by atoms with E-state index in [0.29, 0.717) is 0 Å². The van der Waals surface area contributed by atoms with E-state index in [1.807, 2.05) is 6.92 Å². The van der Waals surface area contributed by atoms with Crippen molar-refractivity contribution in [3.63, 3.8) is 0 Å². The molecule has 0 spiro atoms. The van der Waals surface area contributed by atoms with Crippen molar-refractivity contribution in [3.05, 3.63) is 29.3 Å². The molecular formula is C19H35IN4OS. The van der Waals surface area contributed by atoms with E-state index in [1.54, 1.807) is 18.8 Å². The SMILES string of the molecule is CCOC(CCN(C)C)CNC(=NC)NCc1ccc(C)cc1SC.I. The molecule has 5 nitrogen and oxygen atoms in total. The highest BCUT2D eigenvalue weighted by molar-refractivity contribution is 14.0. The number of hydrogen-bond donors (Lipinski definition) is 2. The van der Waals surface area contributed by atoms with Gasteiger partial charge in [0.25, 0.3) is 0 Å². The summed E-state index contributed by atoms with van der Waals surface area (Å²) in [5.74, 6) is 0.808. The first-order valence-electron chi connectivity index (χ1n) is 8.84. The van der Waals surface area contributed by atoms with Crippen LogP contribution in [-0.2, 0) is 11.3 Å². The zero-order valence-electron chi connectivity index (χ0n) is 17.0.